The van der Waals surface area contributed by atoms with Crippen LogP contribution in [0.4, 0.5) is 5.82 Å². The number of carbonyl (C=O) groups is 1. The van der Waals surface area contributed by atoms with Gasteiger partial charge in [0.15, 0.2) is 11.5 Å². The summed E-state index contributed by atoms with van der Waals surface area (Å²) in [7, 11) is 0. The first-order valence-electron chi connectivity index (χ1n) is 11.7. The number of nitrogens with one attached hydrogen (secondary N) is 2. The van der Waals surface area contributed by atoms with Crippen LogP contribution in [-0.4, -0.2) is 58.3 Å². The Morgan fingerprint density at radius 1 is 1.26 bits per heavy atom. The number of amides is 1. The van der Waals surface area contributed by atoms with Gasteiger partial charge < -0.3 is 15.4 Å². The first-order valence-corrected chi connectivity index (χ1v) is 12.1. The van der Waals surface area contributed by atoms with Gasteiger partial charge in [0.1, 0.15) is 0 Å². The highest BCUT2D eigenvalue weighted by Gasteiger charge is 2.25. The summed E-state index contributed by atoms with van der Waals surface area (Å²) in [5.41, 5.74) is 4.84. The van der Waals surface area contributed by atoms with E-state index in [4.69, 9.17) is 21.3 Å². The van der Waals surface area contributed by atoms with E-state index in [2.05, 4.69) is 20.6 Å². The maximum absolute atomic E-state index is 12.5. The first kappa shape index (κ1) is 21.3. The molecule has 34 heavy (non-hydrogen) atoms. The minimum absolute atomic E-state index is 0.127. The molecule has 8 nitrogen and oxygen atoms in total. The Kier molecular flexibility index (Phi) is 5.55. The van der Waals surface area contributed by atoms with Gasteiger partial charge in [0.05, 0.1) is 40.8 Å². The van der Waals surface area contributed by atoms with Crippen LogP contribution in [-0.2, 0) is 4.74 Å². The number of nitrogens with zero attached hydrogens (tertiary/aromatic N) is 4. The number of hydrogen-bond acceptors (Lipinski definition) is 6. The van der Waals surface area contributed by atoms with E-state index in [9.17, 15) is 4.79 Å². The highest BCUT2D eigenvalue weighted by atomic mass is 35.5. The molecule has 3 aromatic rings. The first-order chi connectivity index (χ1) is 16.7. The normalized spacial score (nSPS) is 19.6. The van der Waals surface area contributed by atoms with Gasteiger partial charge >= 0.3 is 0 Å². The Hall–Kier alpha value is -3.23. The van der Waals surface area contributed by atoms with Crippen molar-refractivity contribution in [2.24, 2.45) is 4.99 Å². The summed E-state index contributed by atoms with van der Waals surface area (Å²) >= 11 is 6.53. The number of halogens is 1. The lowest BCUT2D eigenvalue weighted by molar-refractivity contribution is 0.0951. The summed E-state index contributed by atoms with van der Waals surface area (Å²) in [6, 6.07) is 5.79. The lowest BCUT2D eigenvalue weighted by Gasteiger charge is -2.14. The van der Waals surface area contributed by atoms with Gasteiger partial charge in [-0.05, 0) is 43.9 Å². The fourth-order valence-electron chi connectivity index (χ4n) is 4.35. The number of allylic oxidation sites excluding steroid dienone is 1. The molecule has 1 unspecified atom stereocenters. The Morgan fingerprint density at radius 2 is 2.18 bits per heavy atom. The molecule has 1 atom stereocenters. The average molecular weight is 477 g/mol. The topological polar surface area (TPSA) is 92.9 Å². The lowest BCUT2D eigenvalue weighted by atomic mass is 10.1. The molecule has 6 rings (SSSR count). The van der Waals surface area contributed by atoms with Crippen LogP contribution in [0.2, 0.25) is 5.02 Å². The molecule has 3 aliphatic rings. The fourth-order valence-corrected chi connectivity index (χ4v) is 4.62. The number of imidazole rings is 1. The van der Waals surface area contributed by atoms with Crippen LogP contribution < -0.4 is 10.6 Å². The summed E-state index contributed by atoms with van der Waals surface area (Å²) in [4.78, 5) is 26.3. The van der Waals surface area contributed by atoms with Gasteiger partial charge in [-0.25, -0.2) is 9.97 Å². The van der Waals surface area contributed by atoms with Gasteiger partial charge in [-0.1, -0.05) is 17.7 Å². The van der Waals surface area contributed by atoms with E-state index in [-0.39, 0.29) is 18.1 Å². The minimum Gasteiger partial charge on any atom is -0.376 e. The summed E-state index contributed by atoms with van der Waals surface area (Å²) < 4.78 is 7.79. The van der Waals surface area contributed by atoms with Crippen LogP contribution in [0.3, 0.4) is 0 Å². The van der Waals surface area contributed by atoms with Crippen LogP contribution in [0.5, 0.6) is 0 Å². The molecule has 0 bridgehead atoms. The van der Waals surface area contributed by atoms with E-state index in [1.165, 1.54) is 0 Å². The quantitative estimate of drug-likeness (QED) is 0.537. The predicted octanol–water partition coefficient (Wildman–Crippen LogP) is 4.00. The summed E-state index contributed by atoms with van der Waals surface area (Å²) in [6.07, 6.45) is 12.0. The maximum Gasteiger partial charge on any atom is 0.253 e. The third kappa shape index (κ3) is 4.19. The predicted molar refractivity (Wildman–Crippen MR) is 133 cm³/mol. The summed E-state index contributed by atoms with van der Waals surface area (Å²) in [5.74, 6) is 0.580. The van der Waals surface area contributed by atoms with Gasteiger partial charge in [0.2, 0.25) is 0 Å². The molecule has 2 aliphatic heterocycles. The number of anilines is 1. The molecule has 0 spiro atoms. The number of hydrogen-bond donors (Lipinski definition) is 2. The van der Waals surface area contributed by atoms with Gasteiger partial charge in [-0.15, -0.1) is 0 Å². The van der Waals surface area contributed by atoms with Crippen LogP contribution >= 0.6 is 11.6 Å². The smallest absolute Gasteiger partial charge is 0.253 e. The average Bonchev–Trinajstić information content (AvgIpc) is 3.28. The number of fused-ring (bicyclic) bond motifs is 1. The minimum atomic E-state index is -0.127. The van der Waals surface area contributed by atoms with Crippen molar-refractivity contribution in [1.82, 2.24) is 19.7 Å². The molecule has 1 amide bonds. The highest BCUT2D eigenvalue weighted by Crippen LogP contribution is 2.30. The van der Waals surface area contributed by atoms with Crippen molar-refractivity contribution in [3.05, 3.63) is 52.9 Å². The number of carbonyl (C=O) groups excluding carboxylic acids is 1. The number of benzene rings is 1. The number of aliphatic imine (C=N–C) groups is 1. The third-order valence-corrected chi connectivity index (χ3v) is 6.72. The molecule has 1 saturated heterocycles. The number of rotatable bonds is 7. The van der Waals surface area contributed by atoms with Gasteiger partial charge in [-0.2, -0.15) is 0 Å². The molecular formula is C25H25ClN6O2. The molecule has 1 saturated carbocycles. The Labute approximate surface area is 202 Å². The summed E-state index contributed by atoms with van der Waals surface area (Å²) in [6.45, 7) is 2.09. The van der Waals surface area contributed by atoms with Crippen molar-refractivity contribution < 1.29 is 9.53 Å². The van der Waals surface area contributed by atoms with Crippen LogP contribution in [0.1, 0.15) is 41.7 Å². The van der Waals surface area contributed by atoms with Crippen LogP contribution in [0.25, 0.3) is 22.5 Å². The summed E-state index contributed by atoms with van der Waals surface area (Å²) in [5, 5.41) is 6.86. The van der Waals surface area contributed by atoms with Crippen molar-refractivity contribution in [2.45, 2.75) is 37.8 Å². The van der Waals surface area contributed by atoms with E-state index >= 15 is 0 Å². The Balaban J connectivity index is 1.36. The van der Waals surface area contributed by atoms with E-state index in [0.717, 1.165) is 60.5 Å². The maximum atomic E-state index is 12.5. The lowest BCUT2D eigenvalue weighted by Crippen LogP contribution is -2.25. The molecular weight excluding hydrogens is 452 g/mol. The number of aromatic nitrogens is 3. The standard InChI is InChI=1S/C25H25ClN6O2/c26-20-10-15(3-6-19(20)25(33)30-17-4-5-17)22-13-29-24-23(28-12-18-2-1-9-34-18)31-21(14-32(22)24)16-7-8-27-11-16/h3,6-8,10,13-14,17-18H,1-2,4-5,9,11-12H2,(H,28,31)(H,30,33). The Bertz CT molecular complexity index is 1320. The second kappa shape index (κ2) is 8.85. The van der Waals surface area contributed by atoms with Crippen molar-refractivity contribution in [3.63, 3.8) is 0 Å². The fraction of sp³-hybridized carbons (Fsp3) is 0.360. The van der Waals surface area contributed by atoms with Gasteiger partial charge in [0, 0.05) is 42.7 Å². The molecule has 1 aromatic carbocycles. The Morgan fingerprint density at radius 3 is 2.91 bits per heavy atom. The van der Waals surface area contributed by atoms with Crippen LogP contribution in [0, 0.1) is 0 Å². The molecule has 2 fully saturated rings. The van der Waals surface area contributed by atoms with E-state index in [0.29, 0.717) is 29.5 Å². The van der Waals surface area contributed by atoms with Crippen molar-refractivity contribution in [2.75, 3.05) is 25.0 Å². The van der Waals surface area contributed by atoms with Crippen molar-refractivity contribution >= 4 is 40.8 Å². The van der Waals surface area contributed by atoms with Gasteiger partial charge in [-0.3, -0.25) is 14.2 Å². The van der Waals surface area contributed by atoms with E-state index in [1.54, 1.807) is 12.3 Å². The molecule has 174 valence electrons. The molecule has 0 radical (unpaired) electrons. The highest BCUT2D eigenvalue weighted by molar-refractivity contribution is 6.34. The zero-order valence-corrected chi connectivity index (χ0v) is 19.4. The molecule has 2 aromatic heterocycles. The molecule has 4 heterocycles. The molecule has 1 aliphatic carbocycles. The van der Waals surface area contributed by atoms with Crippen molar-refractivity contribution in [3.8, 4) is 11.3 Å². The number of ether oxygens (including phenoxy) is 1. The van der Waals surface area contributed by atoms with Gasteiger partial charge in [0.25, 0.3) is 5.91 Å². The SMILES string of the molecule is O=C(NC1CC1)c1ccc(-c2cnc3c(NCC4CCCO4)nc(C4=CC=NC4)cn23)cc1Cl. The second-order valence-electron chi connectivity index (χ2n) is 8.95. The molecule has 2 N–H and O–H groups in total. The van der Waals surface area contributed by atoms with Crippen molar-refractivity contribution in [1.29, 1.82) is 0 Å². The zero-order chi connectivity index (χ0) is 23.1. The van der Waals surface area contributed by atoms with Crippen LogP contribution in [0.15, 0.2) is 41.7 Å². The van der Waals surface area contributed by atoms with E-state index < -0.39 is 0 Å². The zero-order valence-electron chi connectivity index (χ0n) is 18.6. The molecule has 9 heteroatoms. The second-order valence-corrected chi connectivity index (χ2v) is 9.36. The monoisotopic (exact) mass is 476 g/mol. The third-order valence-electron chi connectivity index (χ3n) is 6.41. The van der Waals surface area contributed by atoms with E-state index in [1.807, 2.05) is 35.0 Å². The largest absolute Gasteiger partial charge is 0.376 e.